The molecule has 4 rings (SSSR count). The van der Waals surface area contributed by atoms with Gasteiger partial charge in [-0.15, -0.1) is 0 Å². The molecule has 0 amide bonds. The van der Waals surface area contributed by atoms with Gasteiger partial charge < -0.3 is 9.72 Å². The highest BCUT2D eigenvalue weighted by atomic mass is 16.5. The SMILES string of the molecule is CCCc1nn(C)c2c(=O)[nH]c(-c3cccc4c3OCC4)nc12. The molecule has 1 aliphatic rings. The lowest BCUT2D eigenvalue weighted by molar-refractivity contribution is 0.358. The molecule has 6 nitrogen and oxygen atoms in total. The van der Waals surface area contributed by atoms with Crippen molar-refractivity contribution in [2.75, 3.05) is 6.61 Å². The number of nitrogens with one attached hydrogen (secondary N) is 1. The minimum absolute atomic E-state index is 0.169. The van der Waals surface area contributed by atoms with E-state index in [1.807, 2.05) is 12.1 Å². The lowest BCUT2D eigenvalue weighted by atomic mass is 10.1. The van der Waals surface area contributed by atoms with E-state index in [0.29, 0.717) is 23.5 Å². The van der Waals surface area contributed by atoms with Crippen molar-refractivity contribution in [2.45, 2.75) is 26.2 Å². The first-order valence-corrected chi connectivity index (χ1v) is 7.90. The van der Waals surface area contributed by atoms with Gasteiger partial charge in [0.05, 0.1) is 17.9 Å². The minimum atomic E-state index is -0.169. The van der Waals surface area contributed by atoms with Gasteiger partial charge in [0, 0.05) is 13.5 Å². The molecule has 1 N–H and O–H groups in total. The summed E-state index contributed by atoms with van der Waals surface area (Å²) in [5, 5.41) is 4.45. The fourth-order valence-electron chi connectivity index (χ4n) is 3.18. The van der Waals surface area contributed by atoms with Gasteiger partial charge in [0.25, 0.3) is 5.56 Å². The second kappa shape index (κ2) is 5.22. The van der Waals surface area contributed by atoms with Crippen LogP contribution in [0.15, 0.2) is 23.0 Å². The van der Waals surface area contributed by atoms with E-state index in [1.54, 1.807) is 11.7 Å². The van der Waals surface area contributed by atoms with Crippen molar-refractivity contribution >= 4 is 11.0 Å². The second-order valence-electron chi connectivity index (χ2n) is 5.82. The zero-order chi connectivity index (χ0) is 16.0. The number of hydrogen-bond donors (Lipinski definition) is 1. The number of para-hydroxylation sites is 1. The normalized spacial score (nSPS) is 13.3. The summed E-state index contributed by atoms with van der Waals surface area (Å²) in [7, 11) is 1.78. The molecule has 0 spiro atoms. The topological polar surface area (TPSA) is 72.8 Å². The number of aryl methyl sites for hydroxylation is 2. The second-order valence-corrected chi connectivity index (χ2v) is 5.82. The number of fused-ring (bicyclic) bond motifs is 2. The molecule has 118 valence electrons. The van der Waals surface area contributed by atoms with Crippen LogP contribution < -0.4 is 10.3 Å². The van der Waals surface area contributed by atoms with Crippen molar-refractivity contribution in [3.63, 3.8) is 0 Å². The molecule has 23 heavy (non-hydrogen) atoms. The van der Waals surface area contributed by atoms with E-state index >= 15 is 0 Å². The summed E-state index contributed by atoms with van der Waals surface area (Å²) in [5.41, 5.74) is 3.90. The largest absolute Gasteiger partial charge is 0.492 e. The van der Waals surface area contributed by atoms with Crippen LogP contribution in [0.5, 0.6) is 5.75 Å². The fourth-order valence-corrected chi connectivity index (χ4v) is 3.18. The number of rotatable bonds is 3. The molecule has 0 radical (unpaired) electrons. The van der Waals surface area contributed by atoms with Crippen LogP contribution in [-0.4, -0.2) is 26.4 Å². The lowest BCUT2D eigenvalue weighted by Crippen LogP contribution is -2.12. The maximum Gasteiger partial charge on any atom is 0.277 e. The van der Waals surface area contributed by atoms with Crippen LogP contribution >= 0.6 is 0 Å². The van der Waals surface area contributed by atoms with E-state index in [9.17, 15) is 4.79 Å². The van der Waals surface area contributed by atoms with Crippen LogP contribution in [0.2, 0.25) is 0 Å². The maximum atomic E-state index is 12.5. The Bertz CT molecular complexity index is 955. The smallest absolute Gasteiger partial charge is 0.277 e. The van der Waals surface area contributed by atoms with Crippen LogP contribution in [0.25, 0.3) is 22.4 Å². The molecule has 0 bridgehead atoms. The molecule has 0 fully saturated rings. The summed E-state index contributed by atoms with van der Waals surface area (Å²) >= 11 is 0. The Labute approximate surface area is 133 Å². The predicted molar refractivity (Wildman–Crippen MR) is 87.8 cm³/mol. The van der Waals surface area contributed by atoms with Crippen molar-refractivity contribution < 1.29 is 4.74 Å². The highest BCUT2D eigenvalue weighted by Gasteiger charge is 2.20. The molecule has 0 saturated heterocycles. The Balaban J connectivity index is 1.97. The van der Waals surface area contributed by atoms with Gasteiger partial charge in [-0.05, 0) is 18.1 Å². The Kier molecular flexibility index (Phi) is 3.18. The van der Waals surface area contributed by atoms with Crippen LogP contribution in [0.4, 0.5) is 0 Å². The highest BCUT2D eigenvalue weighted by Crippen LogP contribution is 2.35. The molecule has 2 aromatic heterocycles. The number of hydrogen-bond acceptors (Lipinski definition) is 4. The third-order valence-electron chi connectivity index (χ3n) is 4.22. The molecular formula is C17H18N4O2. The van der Waals surface area contributed by atoms with Gasteiger partial charge in [0.2, 0.25) is 0 Å². The van der Waals surface area contributed by atoms with Gasteiger partial charge in [0.1, 0.15) is 17.1 Å². The van der Waals surface area contributed by atoms with E-state index < -0.39 is 0 Å². The first-order chi connectivity index (χ1) is 11.2. The Hall–Kier alpha value is -2.63. The van der Waals surface area contributed by atoms with Crippen LogP contribution in [0.1, 0.15) is 24.6 Å². The van der Waals surface area contributed by atoms with E-state index in [0.717, 1.165) is 41.8 Å². The summed E-state index contributed by atoms with van der Waals surface area (Å²) < 4.78 is 7.35. The van der Waals surface area contributed by atoms with Gasteiger partial charge in [-0.25, -0.2) is 4.98 Å². The number of aromatic amines is 1. The molecule has 3 aromatic rings. The zero-order valence-corrected chi connectivity index (χ0v) is 13.2. The Morgan fingerprint density at radius 3 is 3.09 bits per heavy atom. The molecule has 1 aliphatic heterocycles. The van der Waals surface area contributed by atoms with Gasteiger partial charge in [0.15, 0.2) is 5.52 Å². The first-order valence-electron chi connectivity index (χ1n) is 7.90. The van der Waals surface area contributed by atoms with Crippen molar-refractivity contribution in [3.8, 4) is 17.1 Å². The van der Waals surface area contributed by atoms with Gasteiger partial charge >= 0.3 is 0 Å². The first kappa shape index (κ1) is 14.0. The Morgan fingerprint density at radius 1 is 1.39 bits per heavy atom. The van der Waals surface area contributed by atoms with Gasteiger partial charge in [-0.3, -0.25) is 9.48 Å². The number of nitrogens with zero attached hydrogens (tertiary/aromatic N) is 3. The summed E-state index contributed by atoms with van der Waals surface area (Å²) in [6, 6.07) is 5.96. The molecule has 0 saturated carbocycles. The van der Waals surface area contributed by atoms with Crippen LogP contribution in [0, 0.1) is 0 Å². The third-order valence-corrected chi connectivity index (χ3v) is 4.22. The molecule has 1 aromatic carbocycles. The number of ether oxygens (including phenoxy) is 1. The summed E-state index contributed by atoms with van der Waals surface area (Å²) in [5.74, 6) is 1.38. The predicted octanol–water partition coefficient (Wildman–Crippen LogP) is 2.21. The van der Waals surface area contributed by atoms with E-state index in [1.165, 1.54) is 0 Å². The molecule has 0 atom stereocenters. The lowest BCUT2D eigenvalue weighted by Gasteiger charge is -2.07. The van der Waals surface area contributed by atoms with Crippen molar-refractivity contribution in [1.29, 1.82) is 0 Å². The standard InChI is InChI=1S/C17H18N4O2/c1-3-5-12-13-14(21(2)20-12)17(22)19-16(18-13)11-7-4-6-10-8-9-23-15(10)11/h4,6-7H,3,5,8-9H2,1-2H3,(H,18,19,22). The van der Waals surface area contributed by atoms with E-state index in [4.69, 9.17) is 9.72 Å². The molecule has 6 heteroatoms. The third kappa shape index (κ3) is 2.13. The van der Waals surface area contributed by atoms with Gasteiger partial charge in [-0.1, -0.05) is 25.5 Å². The van der Waals surface area contributed by atoms with E-state index in [-0.39, 0.29) is 5.56 Å². The molecule has 0 aliphatic carbocycles. The minimum Gasteiger partial charge on any atom is -0.492 e. The quantitative estimate of drug-likeness (QED) is 0.805. The number of benzene rings is 1. The monoisotopic (exact) mass is 310 g/mol. The summed E-state index contributed by atoms with van der Waals surface area (Å²) in [4.78, 5) is 20.1. The van der Waals surface area contributed by atoms with Crippen molar-refractivity contribution in [3.05, 3.63) is 39.8 Å². The zero-order valence-electron chi connectivity index (χ0n) is 13.2. The van der Waals surface area contributed by atoms with Gasteiger partial charge in [-0.2, -0.15) is 5.10 Å². The molecule has 0 unspecified atom stereocenters. The van der Waals surface area contributed by atoms with Crippen LogP contribution in [-0.2, 0) is 19.9 Å². The molecular weight excluding hydrogens is 292 g/mol. The number of H-pyrrole nitrogens is 1. The summed E-state index contributed by atoms with van der Waals surface area (Å²) in [6.07, 6.45) is 2.65. The molecule has 3 heterocycles. The Morgan fingerprint density at radius 2 is 2.26 bits per heavy atom. The fraction of sp³-hybridized carbons (Fsp3) is 0.353. The van der Waals surface area contributed by atoms with E-state index in [2.05, 4.69) is 23.1 Å². The average Bonchev–Trinajstić information content (AvgIpc) is 3.12. The average molecular weight is 310 g/mol. The maximum absolute atomic E-state index is 12.5. The van der Waals surface area contributed by atoms with Crippen LogP contribution in [0.3, 0.4) is 0 Å². The highest BCUT2D eigenvalue weighted by molar-refractivity contribution is 5.80. The number of aromatic nitrogens is 4. The van der Waals surface area contributed by atoms with Crippen molar-refractivity contribution in [1.82, 2.24) is 19.7 Å². The van der Waals surface area contributed by atoms with Crippen molar-refractivity contribution in [2.24, 2.45) is 7.05 Å². The summed E-state index contributed by atoms with van der Waals surface area (Å²) in [6.45, 7) is 2.76.